The molecule has 20 heavy (non-hydrogen) atoms. The Balaban J connectivity index is 2.97. The highest BCUT2D eigenvalue weighted by Gasteiger charge is 2.23. The molecule has 0 aromatic heterocycles. The maximum absolute atomic E-state index is 13.2. The fourth-order valence-electron chi connectivity index (χ4n) is 1.82. The van der Waals surface area contributed by atoms with Crippen molar-refractivity contribution in [2.24, 2.45) is 5.92 Å². The van der Waals surface area contributed by atoms with Crippen LogP contribution in [0.2, 0.25) is 0 Å². The second-order valence-electron chi connectivity index (χ2n) is 4.54. The van der Waals surface area contributed by atoms with Gasteiger partial charge in [0.25, 0.3) is 11.6 Å². The number of anilines is 1. The van der Waals surface area contributed by atoms with Crippen LogP contribution in [-0.4, -0.2) is 17.4 Å². The van der Waals surface area contributed by atoms with E-state index in [4.69, 9.17) is 5.73 Å². The van der Waals surface area contributed by atoms with E-state index >= 15 is 0 Å². The van der Waals surface area contributed by atoms with Crippen LogP contribution in [0.25, 0.3) is 0 Å². The van der Waals surface area contributed by atoms with Crippen LogP contribution in [0.15, 0.2) is 12.1 Å². The van der Waals surface area contributed by atoms with Crippen molar-refractivity contribution in [2.75, 3.05) is 12.3 Å². The average Bonchev–Trinajstić information content (AvgIpc) is 2.41. The van der Waals surface area contributed by atoms with Gasteiger partial charge in [-0.2, -0.15) is 0 Å². The summed E-state index contributed by atoms with van der Waals surface area (Å²) in [6.07, 6.45) is 1.79. The normalized spacial score (nSPS) is 10.6. The van der Waals surface area contributed by atoms with Crippen molar-refractivity contribution >= 4 is 17.3 Å². The zero-order valence-corrected chi connectivity index (χ0v) is 11.5. The number of nitrogens with one attached hydrogen (secondary N) is 1. The van der Waals surface area contributed by atoms with Crippen LogP contribution in [-0.2, 0) is 0 Å². The minimum absolute atomic E-state index is 0.222. The summed E-state index contributed by atoms with van der Waals surface area (Å²) in [5.41, 5.74) is 4.26. The van der Waals surface area contributed by atoms with Crippen LogP contribution >= 0.6 is 0 Å². The van der Waals surface area contributed by atoms with Crippen LogP contribution in [0.4, 0.5) is 15.8 Å². The van der Waals surface area contributed by atoms with Crippen molar-refractivity contribution in [3.63, 3.8) is 0 Å². The quantitative estimate of drug-likeness (QED) is 0.476. The number of nitrogens with zero attached hydrogens (tertiary/aromatic N) is 1. The van der Waals surface area contributed by atoms with Crippen molar-refractivity contribution < 1.29 is 14.1 Å². The molecule has 1 rings (SSSR count). The largest absolute Gasteiger partial charge is 0.396 e. The molecule has 0 spiro atoms. The summed E-state index contributed by atoms with van der Waals surface area (Å²) in [4.78, 5) is 22.0. The van der Waals surface area contributed by atoms with Crippen LogP contribution < -0.4 is 11.1 Å². The molecule has 6 nitrogen and oxygen atoms in total. The molecule has 0 aliphatic carbocycles. The van der Waals surface area contributed by atoms with Crippen LogP contribution in [0, 0.1) is 21.8 Å². The van der Waals surface area contributed by atoms with Crippen molar-refractivity contribution in [1.82, 2.24) is 5.32 Å². The zero-order valence-electron chi connectivity index (χ0n) is 11.5. The van der Waals surface area contributed by atoms with Gasteiger partial charge in [0, 0.05) is 6.54 Å². The zero-order chi connectivity index (χ0) is 15.3. The number of carbonyl (C=O) groups is 1. The first-order valence-electron chi connectivity index (χ1n) is 6.42. The second kappa shape index (κ2) is 6.83. The monoisotopic (exact) mass is 283 g/mol. The maximum atomic E-state index is 13.2. The second-order valence-corrected chi connectivity index (χ2v) is 4.54. The van der Waals surface area contributed by atoms with Crippen molar-refractivity contribution in [3.05, 3.63) is 33.6 Å². The Hall–Kier alpha value is -2.18. The number of hydrogen-bond donors (Lipinski definition) is 2. The van der Waals surface area contributed by atoms with Gasteiger partial charge in [-0.3, -0.25) is 14.9 Å². The predicted molar refractivity (Wildman–Crippen MR) is 73.9 cm³/mol. The highest BCUT2D eigenvalue weighted by atomic mass is 19.1. The summed E-state index contributed by atoms with van der Waals surface area (Å²) in [6, 6.07) is 1.66. The lowest BCUT2D eigenvalue weighted by Crippen LogP contribution is -2.29. The Bertz CT molecular complexity index is 516. The molecule has 1 aromatic carbocycles. The third-order valence-electron chi connectivity index (χ3n) is 3.26. The van der Waals surface area contributed by atoms with Crippen LogP contribution in [0.1, 0.15) is 37.0 Å². The molecule has 0 aliphatic rings. The van der Waals surface area contributed by atoms with Crippen LogP contribution in [0.3, 0.4) is 0 Å². The van der Waals surface area contributed by atoms with E-state index in [1.165, 1.54) is 0 Å². The van der Waals surface area contributed by atoms with Crippen LogP contribution in [0.5, 0.6) is 0 Å². The summed E-state index contributed by atoms with van der Waals surface area (Å²) in [5, 5.41) is 13.5. The van der Waals surface area contributed by atoms with Gasteiger partial charge in [-0.1, -0.05) is 26.7 Å². The third kappa shape index (κ3) is 3.66. The van der Waals surface area contributed by atoms with Gasteiger partial charge in [-0.25, -0.2) is 4.39 Å². The first kappa shape index (κ1) is 15.9. The summed E-state index contributed by atoms with van der Waals surface area (Å²) in [6.45, 7) is 4.41. The highest BCUT2D eigenvalue weighted by Crippen LogP contribution is 2.24. The van der Waals surface area contributed by atoms with E-state index in [1.54, 1.807) is 0 Å². The summed E-state index contributed by atoms with van der Waals surface area (Å²) in [5.74, 6) is -1.22. The fraction of sp³-hybridized carbons (Fsp3) is 0.462. The van der Waals surface area contributed by atoms with Crippen molar-refractivity contribution in [3.8, 4) is 0 Å². The van der Waals surface area contributed by atoms with E-state index in [0.717, 1.165) is 18.9 Å². The predicted octanol–water partition coefficient (Wildman–Crippen LogP) is 2.48. The van der Waals surface area contributed by atoms with E-state index in [-0.39, 0.29) is 11.3 Å². The first-order chi connectivity index (χ1) is 9.40. The van der Waals surface area contributed by atoms with E-state index in [2.05, 4.69) is 5.32 Å². The Morgan fingerprint density at radius 2 is 2.05 bits per heavy atom. The van der Waals surface area contributed by atoms with Gasteiger partial charge in [0.2, 0.25) is 0 Å². The van der Waals surface area contributed by atoms with E-state index in [0.29, 0.717) is 18.5 Å². The highest BCUT2D eigenvalue weighted by molar-refractivity contribution is 5.99. The standard InChI is InChI=1S/C13H18FN3O3/c1-3-8(4-2)7-16-13(18)9-5-11(15)10(14)6-12(9)17(19)20/h5-6,8H,3-4,7,15H2,1-2H3,(H,16,18). The smallest absolute Gasteiger partial charge is 0.285 e. The van der Waals surface area contributed by atoms with Gasteiger partial charge >= 0.3 is 0 Å². The SMILES string of the molecule is CCC(CC)CNC(=O)c1cc(N)c(F)cc1[N+](=O)[O-]. The Kier molecular flexibility index (Phi) is 5.42. The lowest BCUT2D eigenvalue weighted by Gasteiger charge is -2.13. The number of nitro benzene ring substituents is 1. The van der Waals surface area contributed by atoms with Gasteiger partial charge in [0.15, 0.2) is 5.82 Å². The molecule has 0 saturated carbocycles. The number of nitrogens with two attached hydrogens (primary N) is 1. The number of nitro groups is 1. The van der Waals surface area contributed by atoms with E-state index in [1.807, 2.05) is 13.8 Å². The van der Waals surface area contributed by atoms with Gasteiger partial charge in [-0.15, -0.1) is 0 Å². The molecular weight excluding hydrogens is 265 g/mol. The molecule has 110 valence electrons. The lowest BCUT2D eigenvalue weighted by atomic mass is 10.0. The first-order valence-corrected chi connectivity index (χ1v) is 6.42. The number of hydrogen-bond acceptors (Lipinski definition) is 4. The van der Waals surface area contributed by atoms with Gasteiger partial charge in [0.05, 0.1) is 16.7 Å². The molecular formula is C13H18FN3O3. The molecule has 0 heterocycles. The van der Waals surface area contributed by atoms with Gasteiger partial charge in [0.1, 0.15) is 5.56 Å². The average molecular weight is 283 g/mol. The molecule has 0 saturated heterocycles. The molecule has 0 radical (unpaired) electrons. The molecule has 0 aliphatic heterocycles. The maximum Gasteiger partial charge on any atom is 0.285 e. The number of benzene rings is 1. The molecule has 3 N–H and O–H groups in total. The molecule has 0 atom stereocenters. The minimum Gasteiger partial charge on any atom is -0.396 e. The van der Waals surface area contributed by atoms with Gasteiger partial charge in [-0.05, 0) is 12.0 Å². The number of nitrogen functional groups attached to an aromatic ring is 1. The lowest BCUT2D eigenvalue weighted by molar-refractivity contribution is -0.385. The summed E-state index contributed by atoms with van der Waals surface area (Å²) in [7, 11) is 0. The van der Waals surface area contributed by atoms with Crippen molar-refractivity contribution in [1.29, 1.82) is 0 Å². The Morgan fingerprint density at radius 1 is 1.45 bits per heavy atom. The summed E-state index contributed by atoms with van der Waals surface area (Å²) < 4.78 is 13.2. The van der Waals surface area contributed by atoms with Gasteiger partial charge < -0.3 is 11.1 Å². The number of halogens is 1. The Morgan fingerprint density at radius 3 is 2.55 bits per heavy atom. The summed E-state index contributed by atoms with van der Waals surface area (Å²) >= 11 is 0. The molecule has 0 bridgehead atoms. The van der Waals surface area contributed by atoms with E-state index < -0.39 is 22.3 Å². The van der Waals surface area contributed by atoms with Crippen molar-refractivity contribution in [2.45, 2.75) is 26.7 Å². The molecule has 0 fully saturated rings. The molecule has 7 heteroatoms. The Labute approximate surface area is 116 Å². The minimum atomic E-state index is -0.909. The molecule has 0 unspecified atom stereocenters. The topological polar surface area (TPSA) is 98.3 Å². The number of rotatable bonds is 6. The number of amides is 1. The number of carbonyl (C=O) groups excluding carboxylic acids is 1. The molecule has 1 aromatic rings. The third-order valence-corrected chi connectivity index (χ3v) is 3.26. The fourth-order valence-corrected chi connectivity index (χ4v) is 1.82. The molecule has 1 amide bonds. The van der Waals surface area contributed by atoms with E-state index in [9.17, 15) is 19.3 Å².